The first kappa shape index (κ1) is 17.6. The lowest BCUT2D eigenvalue weighted by Crippen LogP contribution is -2.32. The molecule has 0 unspecified atom stereocenters. The molecule has 0 N–H and O–H groups in total. The highest BCUT2D eigenvalue weighted by molar-refractivity contribution is 7.89. The molecule has 1 heterocycles. The minimum atomic E-state index is -3.58. The predicted molar refractivity (Wildman–Crippen MR) is 102 cm³/mol. The fourth-order valence-corrected chi connectivity index (χ4v) is 4.97. The van der Waals surface area contributed by atoms with Gasteiger partial charge in [0.25, 0.3) is 0 Å². The Kier molecular flexibility index (Phi) is 4.93. The maximum Gasteiger partial charge on any atom is 0.244 e. The molecular formula is C21H23NO2S. The Labute approximate surface area is 150 Å². The van der Waals surface area contributed by atoms with E-state index in [0.29, 0.717) is 17.9 Å². The Morgan fingerprint density at radius 3 is 2.32 bits per heavy atom. The number of hydrogen-bond acceptors (Lipinski definition) is 2. The molecule has 0 fully saturated rings. The molecule has 4 heteroatoms. The highest BCUT2D eigenvalue weighted by atomic mass is 32.2. The summed E-state index contributed by atoms with van der Waals surface area (Å²) in [7, 11) is -3.58. The highest BCUT2D eigenvalue weighted by Crippen LogP contribution is 2.41. The van der Waals surface area contributed by atoms with Crippen molar-refractivity contribution in [3.63, 3.8) is 0 Å². The summed E-state index contributed by atoms with van der Waals surface area (Å²) >= 11 is 0. The summed E-state index contributed by atoms with van der Waals surface area (Å²) in [5.74, 6) is 0. The van der Waals surface area contributed by atoms with Crippen molar-refractivity contribution >= 4 is 10.0 Å². The van der Waals surface area contributed by atoms with Crippen LogP contribution in [0.3, 0.4) is 0 Å². The van der Waals surface area contributed by atoms with Crippen LogP contribution in [0.25, 0.3) is 0 Å². The lowest BCUT2D eigenvalue weighted by Gasteiger charge is -2.26. The molecule has 25 heavy (non-hydrogen) atoms. The van der Waals surface area contributed by atoms with Gasteiger partial charge in [-0.25, -0.2) is 8.42 Å². The van der Waals surface area contributed by atoms with Crippen LogP contribution in [0.15, 0.2) is 83.3 Å². The van der Waals surface area contributed by atoms with Crippen molar-refractivity contribution < 1.29 is 8.42 Å². The molecule has 0 bridgehead atoms. The summed E-state index contributed by atoms with van der Waals surface area (Å²) in [5, 5.41) is 0. The van der Waals surface area contributed by atoms with Crippen LogP contribution in [0, 0.1) is 6.92 Å². The number of sulfonamides is 1. The van der Waals surface area contributed by atoms with E-state index in [0.717, 1.165) is 22.3 Å². The van der Waals surface area contributed by atoms with Gasteiger partial charge in [-0.3, -0.25) is 0 Å². The third kappa shape index (κ3) is 3.32. The molecular weight excluding hydrogens is 330 g/mol. The van der Waals surface area contributed by atoms with Crippen LogP contribution >= 0.6 is 0 Å². The van der Waals surface area contributed by atoms with Gasteiger partial charge in [-0.05, 0) is 43.5 Å². The van der Waals surface area contributed by atoms with Gasteiger partial charge in [0.2, 0.25) is 10.0 Å². The van der Waals surface area contributed by atoms with Gasteiger partial charge >= 0.3 is 0 Å². The minimum absolute atomic E-state index is 0.262. The molecule has 0 amide bonds. The van der Waals surface area contributed by atoms with Crippen LogP contribution in [0.2, 0.25) is 0 Å². The van der Waals surface area contributed by atoms with Crippen molar-refractivity contribution in [2.45, 2.75) is 31.2 Å². The van der Waals surface area contributed by atoms with E-state index in [4.69, 9.17) is 0 Å². The van der Waals surface area contributed by atoms with Gasteiger partial charge in [-0.2, -0.15) is 4.31 Å². The number of rotatable bonds is 5. The smallest absolute Gasteiger partial charge is 0.207 e. The first-order valence-corrected chi connectivity index (χ1v) is 9.82. The van der Waals surface area contributed by atoms with Crippen molar-refractivity contribution in [2.24, 2.45) is 0 Å². The zero-order valence-corrected chi connectivity index (χ0v) is 15.5. The molecule has 2 aromatic rings. The summed E-state index contributed by atoms with van der Waals surface area (Å²) in [5.41, 5.74) is 4.26. The second kappa shape index (κ2) is 6.98. The zero-order chi connectivity index (χ0) is 18.0. The molecule has 3 rings (SSSR count). The van der Waals surface area contributed by atoms with Crippen LogP contribution in [0.5, 0.6) is 0 Å². The summed E-state index contributed by atoms with van der Waals surface area (Å²) in [6.45, 7) is 8.20. The predicted octanol–water partition coefficient (Wildman–Crippen LogP) is 4.63. The maximum absolute atomic E-state index is 13.3. The summed E-state index contributed by atoms with van der Waals surface area (Å²) in [6, 6.07) is 16.6. The zero-order valence-electron chi connectivity index (χ0n) is 14.6. The van der Waals surface area contributed by atoms with Gasteiger partial charge in [-0.1, -0.05) is 59.7 Å². The van der Waals surface area contributed by atoms with Crippen LogP contribution < -0.4 is 0 Å². The van der Waals surface area contributed by atoms with E-state index in [1.54, 1.807) is 16.4 Å². The molecule has 1 aliphatic heterocycles. The van der Waals surface area contributed by atoms with Gasteiger partial charge in [0.05, 0.1) is 10.9 Å². The largest absolute Gasteiger partial charge is 0.244 e. The summed E-state index contributed by atoms with van der Waals surface area (Å²) < 4.78 is 28.2. The van der Waals surface area contributed by atoms with E-state index in [2.05, 4.69) is 6.58 Å². The van der Waals surface area contributed by atoms with E-state index < -0.39 is 10.0 Å². The third-order valence-electron chi connectivity index (χ3n) is 4.74. The fourth-order valence-electron chi connectivity index (χ4n) is 3.33. The number of allylic oxidation sites excluding steroid dienone is 1. The molecule has 0 saturated heterocycles. The van der Waals surface area contributed by atoms with Gasteiger partial charge < -0.3 is 0 Å². The molecule has 0 radical (unpaired) electrons. The number of nitrogens with zero attached hydrogens (tertiary/aromatic N) is 1. The lowest BCUT2D eigenvalue weighted by atomic mass is 9.99. The lowest BCUT2D eigenvalue weighted by molar-refractivity contribution is 0.407. The average Bonchev–Trinajstić information content (AvgIpc) is 2.94. The Hall–Kier alpha value is -2.17. The van der Waals surface area contributed by atoms with Crippen LogP contribution in [0.1, 0.15) is 30.5 Å². The second-order valence-electron chi connectivity index (χ2n) is 6.46. The van der Waals surface area contributed by atoms with Crippen molar-refractivity contribution in [1.82, 2.24) is 4.31 Å². The molecule has 0 saturated carbocycles. The van der Waals surface area contributed by atoms with E-state index in [1.165, 1.54) is 0 Å². The van der Waals surface area contributed by atoms with Crippen molar-refractivity contribution in [1.29, 1.82) is 0 Å². The van der Waals surface area contributed by atoms with E-state index >= 15 is 0 Å². The van der Waals surface area contributed by atoms with Crippen LogP contribution in [-0.4, -0.2) is 19.3 Å². The third-order valence-corrected chi connectivity index (χ3v) is 6.56. The Morgan fingerprint density at radius 2 is 1.72 bits per heavy atom. The number of aryl methyl sites for hydroxylation is 1. The maximum atomic E-state index is 13.3. The second-order valence-corrected chi connectivity index (χ2v) is 8.35. The monoisotopic (exact) mass is 353 g/mol. The van der Waals surface area contributed by atoms with Crippen molar-refractivity contribution in [3.05, 3.63) is 89.5 Å². The standard InChI is InChI=1S/C21H23NO2S/c1-4-8-19-15-22(21(17(19)3)18-9-6-5-7-10-18)25(23,24)20-13-11-16(2)12-14-20/h4-7,9-14,21H,1,8,15H2,2-3H3/t21-/m1/s1. The first-order chi connectivity index (χ1) is 11.9. The number of hydrogen-bond donors (Lipinski definition) is 0. The molecule has 2 aromatic carbocycles. The van der Waals surface area contributed by atoms with E-state index in [9.17, 15) is 8.42 Å². The van der Waals surface area contributed by atoms with Crippen LogP contribution in [-0.2, 0) is 10.0 Å². The average molecular weight is 353 g/mol. The Bertz CT molecular complexity index is 897. The number of benzene rings is 2. The Balaban J connectivity index is 2.07. The van der Waals surface area contributed by atoms with Crippen molar-refractivity contribution in [3.8, 4) is 0 Å². The highest BCUT2D eigenvalue weighted by Gasteiger charge is 2.39. The molecule has 0 spiro atoms. The summed E-state index contributed by atoms with van der Waals surface area (Å²) in [6.07, 6.45) is 2.54. The minimum Gasteiger partial charge on any atom is -0.207 e. The molecule has 0 aliphatic carbocycles. The fraction of sp³-hybridized carbons (Fsp3) is 0.238. The van der Waals surface area contributed by atoms with Gasteiger partial charge in [0.15, 0.2) is 0 Å². The van der Waals surface area contributed by atoms with Gasteiger partial charge in [0.1, 0.15) is 0 Å². The quantitative estimate of drug-likeness (QED) is 0.735. The molecule has 1 aliphatic rings. The van der Waals surface area contributed by atoms with Crippen molar-refractivity contribution in [2.75, 3.05) is 6.54 Å². The van der Waals surface area contributed by atoms with Gasteiger partial charge in [0, 0.05) is 6.54 Å². The molecule has 3 nitrogen and oxygen atoms in total. The molecule has 0 aromatic heterocycles. The molecule has 1 atom stereocenters. The molecule has 130 valence electrons. The van der Waals surface area contributed by atoms with E-state index in [1.807, 2.05) is 62.4 Å². The Morgan fingerprint density at radius 1 is 1.08 bits per heavy atom. The normalized spacial score (nSPS) is 18.6. The first-order valence-electron chi connectivity index (χ1n) is 8.38. The van der Waals surface area contributed by atoms with Crippen LogP contribution in [0.4, 0.5) is 0 Å². The van der Waals surface area contributed by atoms with E-state index in [-0.39, 0.29) is 6.04 Å². The summed E-state index contributed by atoms with van der Waals surface area (Å²) in [4.78, 5) is 0.340. The van der Waals surface area contributed by atoms with Gasteiger partial charge in [-0.15, -0.1) is 6.58 Å². The SMILES string of the molecule is C=CCC1=C(C)[C@H](c2ccccc2)N(S(=O)(=O)c2ccc(C)cc2)C1. The topological polar surface area (TPSA) is 37.4 Å².